The molecule has 0 radical (unpaired) electrons. The molecule has 7 rings (SSSR count). The van der Waals surface area contributed by atoms with Crippen LogP contribution >= 0.6 is 0 Å². The molecule has 20 nitrogen and oxygen atoms in total. The number of anilines is 1. The zero-order valence-electron chi connectivity index (χ0n) is 41.5. The number of nitrogens with zero attached hydrogens (tertiary/aromatic N) is 7. The third kappa shape index (κ3) is 12.3. The van der Waals surface area contributed by atoms with Crippen LogP contribution in [0.1, 0.15) is 64.7 Å². The summed E-state index contributed by atoms with van der Waals surface area (Å²) in [4.78, 5) is 31.3. The maximum Gasteiger partial charge on any atom is 0.413 e. The average Bonchev–Trinajstić information content (AvgIpc) is 3.98. The van der Waals surface area contributed by atoms with E-state index >= 15 is 16.8 Å². The molecule has 3 heterocycles. The Bertz CT molecular complexity index is 3070. The van der Waals surface area contributed by atoms with Gasteiger partial charge in [0.2, 0.25) is 25.9 Å². The molecule has 1 aliphatic heterocycles. The second-order valence-corrected chi connectivity index (χ2v) is 22.7. The quantitative estimate of drug-likeness (QED) is 0.0794. The standard InChI is InChI=1S/C50H59N9O11S2/c1-49(2,3)45-40(27-28-58(45)48(61)62)55-71(63,64)41-26-25-38(39-11-10-12-42(51-39)52-47(60)70-50(4,5)6)43(46-53-56-59(54-46)31-34-17-23-37(69-9)24-18-34)44(41)72(65,66)57(29-32-13-19-35(67-7)20-14-32)30-33-15-21-36(68-8)22-16-33/h10-26,40,45,55H,27-31H2,1-9H3,(H,61,62)(H,51,52,60). The summed E-state index contributed by atoms with van der Waals surface area (Å²) in [5.41, 5.74) is 0.0781. The van der Waals surface area contributed by atoms with E-state index in [2.05, 4.69) is 20.4 Å². The first kappa shape index (κ1) is 52.7. The van der Waals surface area contributed by atoms with Crippen molar-refractivity contribution >= 4 is 38.1 Å². The van der Waals surface area contributed by atoms with E-state index in [1.165, 1.54) is 42.1 Å². The maximum atomic E-state index is 16.2. The van der Waals surface area contributed by atoms with Crippen molar-refractivity contribution < 1.29 is 50.5 Å². The third-order valence-corrected chi connectivity index (χ3v) is 15.2. The molecule has 6 aromatic rings. The average molecular weight is 1030 g/mol. The van der Waals surface area contributed by atoms with E-state index in [0.29, 0.717) is 28.4 Å². The number of amides is 2. The fourth-order valence-corrected chi connectivity index (χ4v) is 12.2. The highest BCUT2D eigenvalue weighted by Crippen LogP contribution is 2.42. The molecule has 1 saturated heterocycles. The molecule has 2 unspecified atom stereocenters. The van der Waals surface area contributed by atoms with Gasteiger partial charge in [-0.2, -0.15) is 9.10 Å². The summed E-state index contributed by atoms with van der Waals surface area (Å²) in [5.74, 6) is 1.42. The fourth-order valence-electron chi connectivity index (χ4n) is 8.52. The van der Waals surface area contributed by atoms with Crippen LogP contribution in [0, 0.1) is 5.41 Å². The van der Waals surface area contributed by atoms with E-state index in [9.17, 15) is 14.7 Å². The number of ether oxygens (including phenoxy) is 4. The van der Waals surface area contributed by atoms with Crippen LogP contribution in [-0.2, 0) is 44.4 Å². The third-order valence-electron chi connectivity index (χ3n) is 11.7. The van der Waals surface area contributed by atoms with E-state index in [4.69, 9.17) is 29.0 Å². The predicted molar refractivity (Wildman–Crippen MR) is 268 cm³/mol. The Hall–Kier alpha value is -7.14. The molecule has 2 amide bonds. The minimum atomic E-state index is -5.06. The molecule has 72 heavy (non-hydrogen) atoms. The Morgan fingerprint density at radius 3 is 1.83 bits per heavy atom. The van der Waals surface area contributed by atoms with Gasteiger partial charge in [0.25, 0.3) is 0 Å². The lowest BCUT2D eigenvalue weighted by molar-refractivity contribution is 0.0635. The van der Waals surface area contributed by atoms with Crippen LogP contribution < -0.4 is 24.2 Å². The van der Waals surface area contributed by atoms with E-state index in [0.717, 1.165) is 9.87 Å². The highest BCUT2D eigenvalue weighted by atomic mass is 32.2. The number of hydrogen-bond donors (Lipinski definition) is 3. The van der Waals surface area contributed by atoms with Crippen molar-refractivity contribution in [2.24, 2.45) is 5.41 Å². The van der Waals surface area contributed by atoms with Crippen molar-refractivity contribution in [3.63, 3.8) is 0 Å². The van der Waals surface area contributed by atoms with E-state index in [1.54, 1.807) is 134 Å². The van der Waals surface area contributed by atoms with Gasteiger partial charge in [0.05, 0.1) is 45.2 Å². The predicted octanol–water partition coefficient (Wildman–Crippen LogP) is 7.66. The monoisotopic (exact) mass is 1030 g/mol. The van der Waals surface area contributed by atoms with Crippen molar-refractivity contribution in [3.8, 4) is 39.9 Å². The number of sulfonamides is 2. The van der Waals surface area contributed by atoms with Gasteiger partial charge in [0.1, 0.15) is 38.5 Å². The van der Waals surface area contributed by atoms with E-state index in [1.807, 2.05) is 0 Å². The molecule has 4 aromatic carbocycles. The molecule has 0 saturated carbocycles. The number of pyridine rings is 1. The lowest BCUT2D eigenvalue weighted by Gasteiger charge is -2.37. The van der Waals surface area contributed by atoms with Crippen molar-refractivity contribution in [2.75, 3.05) is 33.2 Å². The van der Waals surface area contributed by atoms with Gasteiger partial charge in [-0.1, -0.05) is 69.3 Å². The number of benzene rings is 4. The summed E-state index contributed by atoms with van der Waals surface area (Å²) in [6, 6.07) is 26.0. The number of likely N-dealkylation sites (tertiary alicyclic amines) is 1. The summed E-state index contributed by atoms with van der Waals surface area (Å²) in [7, 11) is -5.41. The molecule has 0 spiro atoms. The Labute approximate surface area is 419 Å². The van der Waals surface area contributed by atoms with Crippen LogP contribution in [0.2, 0.25) is 0 Å². The minimum absolute atomic E-state index is 0.0257. The van der Waals surface area contributed by atoms with Gasteiger partial charge in [0.15, 0.2) is 0 Å². The molecule has 1 fully saturated rings. The topological polar surface area (TPSA) is 247 Å². The molecule has 1 aliphatic rings. The Balaban J connectivity index is 1.50. The molecular weight excluding hydrogens is 967 g/mol. The van der Waals surface area contributed by atoms with Gasteiger partial charge < -0.3 is 29.0 Å². The van der Waals surface area contributed by atoms with Gasteiger partial charge in [-0.3, -0.25) is 5.32 Å². The zero-order chi connectivity index (χ0) is 52.2. The van der Waals surface area contributed by atoms with Crippen molar-refractivity contribution in [1.82, 2.24) is 39.1 Å². The van der Waals surface area contributed by atoms with Crippen LogP contribution in [-0.4, -0.2) is 114 Å². The van der Waals surface area contributed by atoms with Crippen molar-refractivity contribution in [1.29, 1.82) is 0 Å². The summed E-state index contributed by atoms with van der Waals surface area (Å²) in [6.45, 7) is 10.1. The minimum Gasteiger partial charge on any atom is -0.497 e. The number of tetrazole rings is 1. The number of carboxylic acid groups (broad SMARTS) is 1. The lowest BCUT2D eigenvalue weighted by Crippen LogP contribution is -2.52. The Morgan fingerprint density at radius 1 is 0.764 bits per heavy atom. The van der Waals surface area contributed by atoms with E-state index < -0.39 is 65.1 Å². The van der Waals surface area contributed by atoms with Gasteiger partial charge in [-0.15, -0.1) is 10.2 Å². The van der Waals surface area contributed by atoms with Crippen LogP contribution in [0.4, 0.5) is 15.4 Å². The fraction of sp³-hybridized carbons (Fsp3) is 0.360. The first-order chi connectivity index (χ1) is 34.0. The number of methoxy groups -OCH3 is 3. The normalized spacial score (nSPS) is 15.3. The molecule has 2 aromatic heterocycles. The molecule has 2 atom stereocenters. The summed E-state index contributed by atoms with van der Waals surface area (Å²) < 4.78 is 88.7. The number of aromatic nitrogens is 5. The molecule has 0 bridgehead atoms. The molecule has 3 N–H and O–H groups in total. The lowest BCUT2D eigenvalue weighted by atomic mass is 9.83. The van der Waals surface area contributed by atoms with Crippen LogP contribution in [0.5, 0.6) is 17.2 Å². The van der Waals surface area contributed by atoms with Crippen LogP contribution in [0.3, 0.4) is 0 Å². The number of hydrogen-bond acceptors (Lipinski definition) is 14. The zero-order valence-corrected chi connectivity index (χ0v) is 43.1. The van der Waals surface area contributed by atoms with Gasteiger partial charge in [0, 0.05) is 31.2 Å². The molecule has 0 aliphatic carbocycles. The SMILES string of the molecule is COc1ccc(CN(Cc2ccc(OC)cc2)S(=O)(=O)c2c(S(=O)(=O)NC3CCN(C(=O)O)C3C(C)(C)C)ccc(-c3cccc(NC(=O)OC(C)(C)C)n3)c2-c2nnn(Cc3ccc(OC)cc3)n2)cc1. The number of rotatable bonds is 17. The van der Waals surface area contributed by atoms with Crippen LogP contribution in [0.25, 0.3) is 22.6 Å². The van der Waals surface area contributed by atoms with Gasteiger partial charge in [-0.25, -0.2) is 36.1 Å². The largest absolute Gasteiger partial charge is 0.497 e. The molecule has 382 valence electrons. The number of carbonyl (C=O) groups excluding carboxylic acids is 1. The van der Waals surface area contributed by atoms with E-state index in [-0.39, 0.29) is 61.1 Å². The summed E-state index contributed by atoms with van der Waals surface area (Å²) >= 11 is 0. The number of nitrogens with one attached hydrogen (secondary N) is 2. The Morgan fingerprint density at radius 2 is 1.32 bits per heavy atom. The van der Waals surface area contributed by atoms with Gasteiger partial charge >= 0.3 is 12.2 Å². The molecule has 22 heteroatoms. The summed E-state index contributed by atoms with van der Waals surface area (Å²) in [6.07, 6.45) is -1.93. The smallest absolute Gasteiger partial charge is 0.413 e. The second-order valence-electron chi connectivity index (χ2n) is 19.1. The van der Waals surface area contributed by atoms with Crippen molar-refractivity contribution in [3.05, 3.63) is 120 Å². The number of carbonyl (C=O) groups is 2. The summed E-state index contributed by atoms with van der Waals surface area (Å²) in [5, 5.41) is 26.3. The Kier molecular flexibility index (Phi) is 15.6. The highest BCUT2D eigenvalue weighted by molar-refractivity contribution is 7.92. The second kappa shape index (κ2) is 21.3. The first-order valence-electron chi connectivity index (χ1n) is 22.8. The van der Waals surface area contributed by atoms with Crippen LogP contribution in [0.15, 0.2) is 113 Å². The highest BCUT2D eigenvalue weighted by Gasteiger charge is 2.47. The van der Waals surface area contributed by atoms with Gasteiger partial charge in [-0.05, 0) is 109 Å². The van der Waals surface area contributed by atoms with Crippen molar-refractivity contribution in [2.45, 2.75) is 95.1 Å². The maximum absolute atomic E-state index is 16.2. The first-order valence-corrected chi connectivity index (χ1v) is 25.8. The molecular formula is C50H59N9O11S2.